The first-order valence-electron chi connectivity index (χ1n) is 18.0. The fourth-order valence-corrected chi connectivity index (χ4v) is 5.84. The summed E-state index contributed by atoms with van der Waals surface area (Å²) in [5.74, 6) is -0.109. The smallest absolute Gasteiger partial charge is 0.333 e. The number of hydrogen-bond donors (Lipinski definition) is 1. The molecular formula is C41H68ClN3O4. The van der Waals surface area contributed by atoms with E-state index >= 15 is 0 Å². The second-order valence-corrected chi connectivity index (χ2v) is 15.6. The van der Waals surface area contributed by atoms with Gasteiger partial charge in [-0.3, -0.25) is 14.8 Å². The van der Waals surface area contributed by atoms with E-state index in [1.807, 2.05) is 26.8 Å². The number of carbonyl (C=O) groups excluding carboxylic acids is 2. The van der Waals surface area contributed by atoms with E-state index in [2.05, 4.69) is 65.4 Å². The molecule has 0 saturated heterocycles. The number of methoxy groups -OCH3 is 1. The van der Waals surface area contributed by atoms with E-state index in [1.54, 1.807) is 38.4 Å². The van der Waals surface area contributed by atoms with Gasteiger partial charge in [-0.25, -0.2) is 4.79 Å². The minimum Gasteiger partial charge on any atom is -0.503 e. The molecule has 0 heterocycles. The summed E-state index contributed by atoms with van der Waals surface area (Å²) in [7, 11) is 3.18. The Balaban J connectivity index is 0.0000113. The van der Waals surface area contributed by atoms with Crippen LogP contribution in [-0.2, 0) is 19.1 Å². The van der Waals surface area contributed by atoms with Crippen molar-refractivity contribution in [2.45, 2.75) is 139 Å². The molecule has 1 aliphatic carbocycles. The van der Waals surface area contributed by atoms with Gasteiger partial charge in [0, 0.05) is 24.4 Å². The third-order valence-corrected chi connectivity index (χ3v) is 8.80. The second-order valence-electron chi connectivity index (χ2n) is 15.2. The lowest BCUT2D eigenvalue weighted by molar-refractivity contribution is -0.139. The molecule has 7 nitrogen and oxygen atoms in total. The van der Waals surface area contributed by atoms with Crippen molar-refractivity contribution in [2.75, 3.05) is 20.8 Å². The third-order valence-electron chi connectivity index (χ3n) is 8.60. The monoisotopic (exact) mass is 701 g/mol. The Morgan fingerprint density at radius 3 is 2.29 bits per heavy atom. The van der Waals surface area contributed by atoms with Gasteiger partial charge in [-0.2, -0.15) is 0 Å². The quantitative estimate of drug-likeness (QED) is 0.0459. The lowest BCUT2D eigenvalue weighted by Gasteiger charge is -2.30. The fraction of sp³-hybridized carbons (Fsp3) is 0.659. The molecule has 0 aliphatic heterocycles. The number of nitrogens with zero attached hydrogens (tertiary/aromatic N) is 2. The zero-order chi connectivity index (χ0) is 37.8. The van der Waals surface area contributed by atoms with Crippen LogP contribution in [0, 0.1) is 16.7 Å². The van der Waals surface area contributed by atoms with E-state index in [0.29, 0.717) is 35.1 Å². The number of ether oxygens (including phenoxy) is 2. The average Bonchev–Trinajstić information content (AvgIpc) is 3.23. The summed E-state index contributed by atoms with van der Waals surface area (Å²) in [6, 6.07) is -0.392. The molecule has 49 heavy (non-hydrogen) atoms. The molecule has 1 fully saturated rings. The Labute approximate surface area is 304 Å². The first-order valence-corrected chi connectivity index (χ1v) is 18.4. The summed E-state index contributed by atoms with van der Waals surface area (Å²) in [6.07, 6.45) is 17.2. The van der Waals surface area contributed by atoms with Crippen LogP contribution < -0.4 is 5.32 Å². The van der Waals surface area contributed by atoms with Gasteiger partial charge in [0.25, 0.3) is 5.91 Å². The largest absolute Gasteiger partial charge is 0.503 e. The summed E-state index contributed by atoms with van der Waals surface area (Å²) >= 11 is 6.48. The van der Waals surface area contributed by atoms with Gasteiger partial charge in [0.1, 0.15) is 12.0 Å². The van der Waals surface area contributed by atoms with E-state index in [1.165, 1.54) is 13.4 Å². The number of allylic oxidation sites excluding steroid dienone is 4. The minimum absolute atomic E-state index is 0.0255. The zero-order valence-electron chi connectivity index (χ0n) is 33.1. The van der Waals surface area contributed by atoms with Gasteiger partial charge in [-0.15, -0.1) is 0 Å². The zero-order valence-corrected chi connectivity index (χ0v) is 33.9. The predicted molar refractivity (Wildman–Crippen MR) is 211 cm³/mol. The molecule has 278 valence electrons. The second kappa shape index (κ2) is 22.7. The number of rotatable bonds is 15. The van der Waals surface area contributed by atoms with Crippen molar-refractivity contribution >= 4 is 35.4 Å². The Hall–Kier alpha value is -2.93. The van der Waals surface area contributed by atoms with E-state index in [4.69, 9.17) is 26.1 Å². The summed E-state index contributed by atoms with van der Waals surface area (Å²) < 4.78 is 10.4. The van der Waals surface area contributed by atoms with Gasteiger partial charge in [0.05, 0.1) is 30.3 Å². The molecule has 2 unspecified atom stereocenters. The highest BCUT2D eigenvalue weighted by Gasteiger charge is 2.35. The van der Waals surface area contributed by atoms with Crippen molar-refractivity contribution in [3.05, 3.63) is 58.9 Å². The highest BCUT2D eigenvalue weighted by molar-refractivity contribution is 6.50. The van der Waals surface area contributed by atoms with Crippen molar-refractivity contribution in [2.24, 2.45) is 26.7 Å². The summed E-state index contributed by atoms with van der Waals surface area (Å²) in [4.78, 5) is 36.4. The van der Waals surface area contributed by atoms with Crippen LogP contribution in [0.1, 0.15) is 128 Å². The number of halogens is 1. The van der Waals surface area contributed by atoms with Crippen LogP contribution in [0.2, 0.25) is 0 Å². The van der Waals surface area contributed by atoms with Crippen LogP contribution >= 0.6 is 11.6 Å². The standard InChI is InChI=1S/C39H62ClN3O4.C2H6/c1-13-24-47-36(45)28(3)17-18-29(14-2)33(20-22-37(4,5)6)42-35(44)34(30(26-41-11)25-32(40)27-46-12)43-39(10)21-15-16-31(19-23-39)38(7,8)9;1-2/h14,17-18,25-27,31,33H,2,13,15-16,19-24H2,1,3-12H3,(H,42,44);1-2H3/b28-17+,29-18+,30-25+,32-27-,41-26?,43-34?;/t31?,33-,39?;/m1./s1. The average molecular weight is 702 g/mol. The van der Waals surface area contributed by atoms with Gasteiger partial charge in [0.15, 0.2) is 0 Å². The molecule has 8 heteroatoms. The molecular weight excluding hydrogens is 634 g/mol. The number of carbonyl (C=O) groups is 2. The normalized spacial score (nSPS) is 20.9. The molecule has 0 aromatic carbocycles. The minimum atomic E-state index is -0.443. The van der Waals surface area contributed by atoms with Crippen molar-refractivity contribution in [3.63, 3.8) is 0 Å². The Morgan fingerprint density at radius 1 is 1.10 bits per heavy atom. The van der Waals surface area contributed by atoms with E-state index in [0.717, 1.165) is 50.5 Å². The Kier molecular flexibility index (Phi) is 21.4. The van der Waals surface area contributed by atoms with Gasteiger partial charge in [-0.05, 0) is 87.2 Å². The van der Waals surface area contributed by atoms with Crippen LogP contribution in [0.4, 0.5) is 0 Å². The van der Waals surface area contributed by atoms with Gasteiger partial charge < -0.3 is 14.8 Å². The van der Waals surface area contributed by atoms with Crippen LogP contribution in [0.3, 0.4) is 0 Å². The molecule has 0 spiro atoms. The summed E-state index contributed by atoms with van der Waals surface area (Å²) in [5.41, 5.74) is 1.81. The number of amides is 1. The lowest BCUT2D eigenvalue weighted by Crippen LogP contribution is -2.42. The maximum absolute atomic E-state index is 14.5. The molecule has 1 N–H and O–H groups in total. The Bertz CT molecular complexity index is 1240. The lowest BCUT2D eigenvalue weighted by atomic mass is 9.76. The van der Waals surface area contributed by atoms with Gasteiger partial charge >= 0.3 is 5.97 Å². The van der Waals surface area contributed by atoms with Crippen LogP contribution in [0.15, 0.2) is 68.9 Å². The summed E-state index contributed by atoms with van der Waals surface area (Å²) in [5, 5.41) is 3.59. The Morgan fingerprint density at radius 2 is 1.76 bits per heavy atom. The van der Waals surface area contributed by atoms with Crippen molar-refractivity contribution in [3.8, 4) is 0 Å². The van der Waals surface area contributed by atoms with E-state index in [9.17, 15) is 9.59 Å². The van der Waals surface area contributed by atoms with Gasteiger partial charge in [0.2, 0.25) is 0 Å². The van der Waals surface area contributed by atoms with Crippen LogP contribution in [-0.4, -0.2) is 56.1 Å². The highest BCUT2D eigenvalue weighted by atomic mass is 35.5. The van der Waals surface area contributed by atoms with E-state index in [-0.39, 0.29) is 28.4 Å². The first kappa shape index (κ1) is 46.1. The first-order chi connectivity index (χ1) is 22.9. The number of esters is 1. The van der Waals surface area contributed by atoms with Gasteiger partial charge in [-0.1, -0.05) is 105 Å². The molecule has 1 saturated carbocycles. The molecule has 0 aromatic heterocycles. The maximum atomic E-state index is 14.5. The molecule has 1 rings (SSSR count). The molecule has 1 amide bonds. The number of hydrogen-bond acceptors (Lipinski definition) is 6. The molecule has 1 aliphatic rings. The maximum Gasteiger partial charge on any atom is 0.333 e. The molecule has 3 atom stereocenters. The third kappa shape index (κ3) is 18.0. The molecule has 0 aromatic rings. The van der Waals surface area contributed by atoms with Crippen molar-refractivity contribution in [1.29, 1.82) is 0 Å². The van der Waals surface area contributed by atoms with E-state index < -0.39 is 11.6 Å². The van der Waals surface area contributed by atoms with Crippen LogP contribution in [0.5, 0.6) is 0 Å². The summed E-state index contributed by atoms with van der Waals surface area (Å²) in [6.45, 7) is 27.7. The topological polar surface area (TPSA) is 89.3 Å². The van der Waals surface area contributed by atoms with Crippen molar-refractivity contribution in [1.82, 2.24) is 5.32 Å². The number of aliphatic imine (C=N–C) groups is 2. The predicted octanol–water partition coefficient (Wildman–Crippen LogP) is 10.5. The molecule has 0 radical (unpaired) electrons. The highest BCUT2D eigenvalue weighted by Crippen LogP contribution is 2.41. The molecule has 0 bridgehead atoms. The van der Waals surface area contributed by atoms with Crippen molar-refractivity contribution < 1.29 is 19.1 Å². The SMILES string of the molecule is C=C/C(=C\C=C(/C)C(=O)OCCC)[C@@H](CCC(C)(C)C)NC(=O)C(=NC1(C)CCCC(C(C)(C)C)CC1)/C(C=NC)=C/C(Cl)=C/OC.CC. The number of nitrogens with one attached hydrogen (secondary N) is 1. The van der Waals surface area contributed by atoms with Crippen LogP contribution in [0.25, 0.3) is 0 Å². The fourth-order valence-electron chi connectivity index (χ4n) is 5.63.